The van der Waals surface area contributed by atoms with Crippen molar-refractivity contribution >= 4 is 0 Å². The van der Waals surface area contributed by atoms with Gasteiger partial charge in [0, 0.05) is 12.8 Å². The van der Waals surface area contributed by atoms with E-state index in [0.717, 1.165) is 0 Å². The number of rotatable bonds is 0. The molecule has 0 aliphatic heterocycles. The van der Waals surface area contributed by atoms with Crippen molar-refractivity contribution in [2.75, 3.05) is 0 Å². The molecule has 1 nitrogen and oxygen atoms in total. The van der Waals surface area contributed by atoms with Gasteiger partial charge in [0.15, 0.2) is 5.60 Å². The maximum Gasteiger partial charge on any atom is 0.417 e. The standard InChI is InChI=1S/C5H6F4O/c6-3-1-4(10,2-3)5(7,8)9/h3,10H,1-2H2. The van der Waals surface area contributed by atoms with Gasteiger partial charge in [-0.05, 0) is 0 Å². The third-order valence-electron chi connectivity index (χ3n) is 1.65. The fraction of sp³-hybridized carbons (Fsp3) is 1.00. The van der Waals surface area contributed by atoms with Crippen molar-refractivity contribution in [3.63, 3.8) is 0 Å². The maximum absolute atomic E-state index is 11.9. The summed E-state index contributed by atoms with van der Waals surface area (Å²) in [7, 11) is 0. The van der Waals surface area contributed by atoms with Crippen LogP contribution in [0.1, 0.15) is 12.8 Å². The van der Waals surface area contributed by atoms with Gasteiger partial charge in [0.2, 0.25) is 0 Å². The van der Waals surface area contributed by atoms with Crippen LogP contribution in [0.2, 0.25) is 0 Å². The highest BCUT2D eigenvalue weighted by Gasteiger charge is 2.61. The lowest BCUT2D eigenvalue weighted by Gasteiger charge is -2.40. The third-order valence-corrected chi connectivity index (χ3v) is 1.65. The van der Waals surface area contributed by atoms with E-state index < -0.39 is 30.8 Å². The smallest absolute Gasteiger partial charge is 0.380 e. The van der Waals surface area contributed by atoms with E-state index in [0.29, 0.717) is 0 Å². The largest absolute Gasteiger partial charge is 0.417 e. The highest BCUT2D eigenvalue weighted by Crippen LogP contribution is 2.46. The van der Waals surface area contributed by atoms with Crippen LogP contribution in [0, 0.1) is 0 Å². The Morgan fingerprint density at radius 1 is 1.30 bits per heavy atom. The fourth-order valence-corrected chi connectivity index (χ4v) is 0.904. The minimum atomic E-state index is -4.67. The van der Waals surface area contributed by atoms with E-state index in [9.17, 15) is 17.6 Å². The minimum Gasteiger partial charge on any atom is -0.380 e. The van der Waals surface area contributed by atoms with Crippen LogP contribution in [0.25, 0.3) is 0 Å². The van der Waals surface area contributed by atoms with E-state index in [1.807, 2.05) is 0 Å². The van der Waals surface area contributed by atoms with E-state index >= 15 is 0 Å². The zero-order valence-electron chi connectivity index (χ0n) is 4.95. The normalized spacial score (nSPS) is 41.1. The predicted molar refractivity (Wildman–Crippen MR) is 25.1 cm³/mol. The van der Waals surface area contributed by atoms with E-state index in [1.54, 1.807) is 0 Å². The molecule has 0 aromatic heterocycles. The number of alkyl halides is 4. The summed E-state index contributed by atoms with van der Waals surface area (Å²) in [6.45, 7) is 0. The van der Waals surface area contributed by atoms with Gasteiger partial charge in [0.25, 0.3) is 0 Å². The molecule has 10 heavy (non-hydrogen) atoms. The number of aliphatic hydroxyl groups is 1. The molecule has 0 amide bonds. The Balaban J connectivity index is 2.57. The quantitative estimate of drug-likeness (QED) is 0.528. The Morgan fingerprint density at radius 3 is 1.80 bits per heavy atom. The first-order valence-electron chi connectivity index (χ1n) is 2.78. The van der Waals surface area contributed by atoms with Crippen LogP contribution in [-0.2, 0) is 0 Å². The van der Waals surface area contributed by atoms with Crippen molar-refractivity contribution in [3.8, 4) is 0 Å². The van der Waals surface area contributed by atoms with Gasteiger partial charge >= 0.3 is 6.18 Å². The molecule has 0 bridgehead atoms. The highest BCUT2D eigenvalue weighted by atomic mass is 19.4. The van der Waals surface area contributed by atoms with Crippen LogP contribution in [0.4, 0.5) is 17.6 Å². The van der Waals surface area contributed by atoms with E-state index in [2.05, 4.69) is 0 Å². The molecule has 60 valence electrons. The second-order valence-electron chi connectivity index (χ2n) is 2.53. The summed E-state index contributed by atoms with van der Waals surface area (Å²) in [5.74, 6) is 0. The van der Waals surface area contributed by atoms with E-state index in [1.165, 1.54) is 0 Å². The Morgan fingerprint density at radius 2 is 1.70 bits per heavy atom. The van der Waals surface area contributed by atoms with Crippen molar-refractivity contribution in [1.29, 1.82) is 0 Å². The summed E-state index contributed by atoms with van der Waals surface area (Å²) < 4.78 is 46.8. The molecule has 1 rings (SSSR count). The molecule has 0 aromatic carbocycles. The van der Waals surface area contributed by atoms with Gasteiger partial charge in [-0.2, -0.15) is 13.2 Å². The van der Waals surface area contributed by atoms with E-state index in [4.69, 9.17) is 5.11 Å². The lowest BCUT2D eigenvalue weighted by molar-refractivity contribution is -0.299. The molecule has 0 unspecified atom stereocenters. The second-order valence-corrected chi connectivity index (χ2v) is 2.53. The van der Waals surface area contributed by atoms with Crippen molar-refractivity contribution in [2.24, 2.45) is 0 Å². The lowest BCUT2D eigenvalue weighted by Crippen LogP contribution is -2.56. The third kappa shape index (κ3) is 0.982. The molecule has 0 atom stereocenters. The summed E-state index contributed by atoms with van der Waals surface area (Å²) in [5.41, 5.74) is -2.74. The minimum absolute atomic E-state index is 0.809. The van der Waals surface area contributed by atoms with Crippen LogP contribution in [0.5, 0.6) is 0 Å². The molecule has 0 radical (unpaired) electrons. The zero-order valence-corrected chi connectivity index (χ0v) is 4.95. The first kappa shape index (κ1) is 7.78. The molecule has 1 aliphatic rings. The second kappa shape index (κ2) is 1.84. The van der Waals surface area contributed by atoms with Gasteiger partial charge < -0.3 is 5.11 Å². The molecule has 1 aliphatic carbocycles. The van der Waals surface area contributed by atoms with Gasteiger partial charge in [-0.15, -0.1) is 0 Å². The van der Waals surface area contributed by atoms with E-state index in [-0.39, 0.29) is 0 Å². The Hall–Kier alpha value is -0.320. The van der Waals surface area contributed by atoms with Gasteiger partial charge in [-0.3, -0.25) is 0 Å². The molecular weight excluding hydrogens is 152 g/mol. The summed E-state index contributed by atoms with van der Waals surface area (Å²) in [4.78, 5) is 0. The average Bonchev–Trinajstić information content (AvgIpc) is 1.58. The van der Waals surface area contributed by atoms with Crippen LogP contribution in [0.3, 0.4) is 0 Å². The van der Waals surface area contributed by atoms with Gasteiger partial charge in [0.05, 0.1) is 0 Å². The number of hydrogen-bond acceptors (Lipinski definition) is 1. The summed E-state index contributed by atoms with van der Waals surface area (Å²) >= 11 is 0. The summed E-state index contributed by atoms with van der Waals surface area (Å²) in [6, 6.07) is 0. The first-order chi connectivity index (χ1) is 4.35. The van der Waals surface area contributed by atoms with Crippen molar-refractivity contribution in [3.05, 3.63) is 0 Å². The van der Waals surface area contributed by atoms with Crippen LogP contribution in [-0.4, -0.2) is 23.1 Å². The molecule has 0 saturated heterocycles. The lowest BCUT2D eigenvalue weighted by atomic mass is 9.78. The van der Waals surface area contributed by atoms with Crippen LogP contribution in [0.15, 0.2) is 0 Å². The molecule has 1 fully saturated rings. The molecule has 5 heteroatoms. The molecule has 1 saturated carbocycles. The van der Waals surface area contributed by atoms with Gasteiger partial charge in [-0.25, -0.2) is 4.39 Å². The van der Waals surface area contributed by atoms with Crippen LogP contribution >= 0.6 is 0 Å². The van der Waals surface area contributed by atoms with Gasteiger partial charge in [-0.1, -0.05) is 0 Å². The summed E-state index contributed by atoms with van der Waals surface area (Å²) in [6.07, 6.45) is -7.78. The van der Waals surface area contributed by atoms with Crippen molar-refractivity contribution in [1.82, 2.24) is 0 Å². The molecule has 0 aromatic rings. The maximum atomic E-state index is 11.9. The molecule has 0 spiro atoms. The molecule has 1 N–H and O–H groups in total. The van der Waals surface area contributed by atoms with Crippen molar-refractivity contribution in [2.45, 2.75) is 30.8 Å². The van der Waals surface area contributed by atoms with Crippen molar-refractivity contribution < 1.29 is 22.7 Å². The first-order valence-corrected chi connectivity index (χ1v) is 2.78. The Bertz CT molecular complexity index is 135. The summed E-state index contributed by atoms with van der Waals surface area (Å²) in [5, 5.41) is 8.55. The number of hydrogen-bond donors (Lipinski definition) is 1. The molecule has 0 heterocycles. The predicted octanol–water partition coefficient (Wildman–Crippen LogP) is 1.41. The van der Waals surface area contributed by atoms with Crippen LogP contribution < -0.4 is 0 Å². The number of halogens is 4. The molecular formula is C5H6F4O. The average molecular weight is 158 g/mol. The SMILES string of the molecule is OC1(C(F)(F)F)CC(F)C1. The Labute approximate surface area is 54.6 Å². The fourth-order valence-electron chi connectivity index (χ4n) is 0.904. The topological polar surface area (TPSA) is 20.2 Å². The Kier molecular flexibility index (Phi) is 1.43. The zero-order chi connectivity index (χ0) is 7.99. The monoisotopic (exact) mass is 158 g/mol. The highest BCUT2D eigenvalue weighted by molar-refractivity contribution is 4.99. The van der Waals surface area contributed by atoms with Gasteiger partial charge in [0.1, 0.15) is 6.17 Å².